The molecule has 0 fully saturated rings. The molecular weight excluding hydrogens is 690 g/mol. The SMILES string of the molecule is CN(Cc1cc2ccccc2n1CCC(=O)C[C@@H](CCC(=O)O)C(=O)NCCOCCOCCN)N(C)C(=O)OCC1c2ccccc2-c2ccccc21. The van der Waals surface area contributed by atoms with Crippen LogP contribution in [0.1, 0.15) is 48.4 Å². The second-order valence-corrected chi connectivity index (χ2v) is 13.4. The number of ether oxygens (including phenoxy) is 3. The van der Waals surface area contributed by atoms with E-state index < -0.39 is 18.0 Å². The predicted octanol–water partition coefficient (Wildman–Crippen LogP) is 4.81. The zero-order chi connectivity index (χ0) is 38.5. The Labute approximate surface area is 315 Å². The molecule has 2 amide bonds. The smallest absolute Gasteiger partial charge is 0.424 e. The quantitative estimate of drug-likeness (QED) is 0.0752. The lowest BCUT2D eigenvalue weighted by Crippen LogP contribution is -2.41. The number of para-hydroxylation sites is 1. The number of nitrogens with two attached hydrogens (primary N) is 1. The van der Waals surface area contributed by atoms with Crippen LogP contribution in [-0.4, -0.2) is 104 Å². The van der Waals surface area contributed by atoms with Gasteiger partial charge in [-0.3, -0.25) is 14.4 Å². The Kier molecular flexibility index (Phi) is 14.7. The predicted molar refractivity (Wildman–Crippen MR) is 205 cm³/mol. The fraction of sp³-hybridized carbons (Fsp3) is 0.415. The average Bonchev–Trinajstić information content (AvgIpc) is 3.69. The van der Waals surface area contributed by atoms with E-state index in [2.05, 4.69) is 34.1 Å². The van der Waals surface area contributed by atoms with Gasteiger partial charge in [0.15, 0.2) is 0 Å². The first-order chi connectivity index (χ1) is 26.2. The van der Waals surface area contributed by atoms with Crippen LogP contribution >= 0.6 is 0 Å². The molecule has 1 aromatic heterocycles. The summed E-state index contributed by atoms with van der Waals surface area (Å²) < 4.78 is 18.6. The van der Waals surface area contributed by atoms with E-state index in [4.69, 9.17) is 19.9 Å². The van der Waals surface area contributed by atoms with Crippen LogP contribution in [-0.2, 0) is 41.7 Å². The highest BCUT2D eigenvalue weighted by atomic mass is 16.6. The fourth-order valence-electron chi connectivity index (χ4n) is 6.86. The van der Waals surface area contributed by atoms with E-state index in [1.807, 2.05) is 54.6 Å². The summed E-state index contributed by atoms with van der Waals surface area (Å²) in [5.41, 5.74) is 11.8. The van der Waals surface area contributed by atoms with Gasteiger partial charge < -0.3 is 34.9 Å². The number of carbonyl (C=O) groups is 4. The van der Waals surface area contributed by atoms with Gasteiger partial charge >= 0.3 is 12.1 Å². The van der Waals surface area contributed by atoms with Gasteiger partial charge in [-0.15, -0.1) is 0 Å². The minimum absolute atomic E-state index is 0.0470. The highest BCUT2D eigenvalue weighted by molar-refractivity contribution is 5.87. The number of hydrogen-bond donors (Lipinski definition) is 3. The monoisotopic (exact) mass is 741 g/mol. The summed E-state index contributed by atoms with van der Waals surface area (Å²) in [7, 11) is 3.47. The number of ketones is 1. The summed E-state index contributed by atoms with van der Waals surface area (Å²) in [5.74, 6) is -2.39. The van der Waals surface area contributed by atoms with Gasteiger partial charge in [0, 0.05) is 76.0 Å². The van der Waals surface area contributed by atoms with Crippen molar-refractivity contribution in [2.75, 3.05) is 60.2 Å². The van der Waals surface area contributed by atoms with E-state index in [0.29, 0.717) is 39.5 Å². The second-order valence-electron chi connectivity index (χ2n) is 13.4. The van der Waals surface area contributed by atoms with Crippen molar-refractivity contribution in [2.24, 2.45) is 11.7 Å². The number of hydrogen-bond acceptors (Lipinski definition) is 9. The highest BCUT2D eigenvalue weighted by Crippen LogP contribution is 2.44. The topological polar surface area (TPSA) is 166 Å². The Hall–Kier alpha value is -5.08. The zero-order valence-corrected chi connectivity index (χ0v) is 31.1. The molecule has 4 aromatic rings. The van der Waals surface area contributed by atoms with E-state index in [0.717, 1.165) is 38.9 Å². The van der Waals surface area contributed by atoms with Gasteiger partial charge in [-0.25, -0.2) is 14.8 Å². The van der Waals surface area contributed by atoms with Crippen LogP contribution < -0.4 is 11.1 Å². The molecule has 4 N–H and O–H groups in total. The van der Waals surface area contributed by atoms with Crippen LogP contribution in [0.3, 0.4) is 0 Å². The largest absolute Gasteiger partial charge is 0.481 e. The normalized spacial score (nSPS) is 12.7. The van der Waals surface area contributed by atoms with E-state index >= 15 is 0 Å². The molecule has 0 bridgehead atoms. The molecule has 5 rings (SSSR count). The summed E-state index contributed by atoms with van der Waals surface area (Å²) in [6, 6.07) is 26.3. The maximum atomic E-state index is 13.4. The van der Waals surface area contributed by atoms with E-state index in [9.17, 15) is 24.3 Å². The van der Waals surface area contributed by atoms with Crippen molar-refractivity contribution in [3.63, 3.8) is 0 Å². The summed E-state index contributed by atoms with van der Waals surface area (Å²) >= 11 is 0. The zero-order valence-electron chi connectivity index (χ0n) is 31.1. The molecule has 0 aliphatic heterocycles. The van der Waals surface area contributed by atoms with Crippen molar-refractivity contribution in [2.45, 2.75) is 44.7 Å². The maximum absolute atomic E-state index is 13.4. The number of carbonyl (C=O) groups excluding carboxylic acids is 3. The van der Waals surface area contributed by atoms with Gasteiger partial charge in [-0.1, -0.05) is 66.7 Å². The third kappa shape index (κ3) is 10.5. The maximum Gasteiger partial charge on any atom is 0.424 e. The van der Waals surface area contributed by atoms with Gasteiger partial charge in [-0.05, 0) is 46.2 Å². The lowest BCUT2D eigenvalue weighted by Gasteiger charge is -2.28. The van der Waals surface area contributed by atoms with Crippen LogP contribution in [0.4, 0.5) is 4.79 Å². The number of hydrazine groups is 1. The molecule has 13 heteroatoms. The molecule has 54 heavy (non-hydrogen) atoms. The Morgan fingerprint density at radius 2 is 1.52 bits per heavy atom. The first kappa shape index (κ1) is 40.1. The molecule has 1 aliphatic carbocycles. The number of rotatable bonds is 22. The third-order valence-corrected chi connectivity index (χ3v) is 9.75. The number of nitrogens with one attached hydrogen (secondary N) is 1. The number of aryl methyl sites for hydroxylation is 1. The van der Waals surface area contributed by atoms with E-state index in [1.54, 1.807) is 19.1 Å². The van der Waals surface area contributed by atoms with Crippen LogP contribution in [0.5, 0.6) is 0 Å². The number of Topliss-reactive ketones (excluding diaryl/α,β-unsaturated/α-hetero) is 1. The number of nitrogens with zero attached hydrogens (tertiary/aromatic N) is 3. The first-order valence-electron chi connectivity index (χ1n) is 18.4. The number of carboxylic acids is 1. The van der Waals surface area contributed by atoms with Crippen molar-refractivity contribution >= 4 is 34.7 Å². The van der Waals surface area contributed by atoms with Crippen molar-refractivity contribution in [3.8, 4) is 11.1 Å². The molecule has 13 nitrogen and oxygen atoms in total. The van der Waals surface area contributed by atoms with Gasteiger partial charge in [0.25, 0.3) is 0 Å². The molecule has 1 heterocycles. The number of aliphatic carboxylic acids is 1. The van der Waals surface area contributed by atoms with Gasteiger partial charge in [0.1, 0.15) is 12.4 Å². The standard InChI is InChI=1S/C41H51N5O8/c1-44(45(2)41(51)54-28-37-35-12-6-4-10-33(35)34-11-5-7-13-36(34)37)27-31-25-29-9-3-8-14-38(29)46(31)20-17-32(47)26-30(15-16-39(48)49)40(50)43-19-22-53-24-23-52-21-18-42/h3-14,25,30,37H,15-24,26-28,42H2,1-2H3,(H,43,50)(H,48,49)/t30-/m1/s1. The molecule has 288 valence electrons. The number of aromatic nitrogens is 1. The highest BCUT2D eigenvalue weighted by Gasteiger charge is 2.30. The molecule has 0 radical (unpaired) electrons. The average molecular weight is 742 g/mol. The van der Waals surface area contributed by atoms with Crippen molar-refractivity contribution in [1.29, 1.82) is 0 Å². The summed E-state index contributed by atoms with van der Waals surface area (Å²) in [5, 5.41) is 16.3. The van der Waals surface area contributed by atoms with Gasteiger partial charge in [0.2, 0.25) is 5.91 Å². The lowest BCUT2D eigenvalue weighted by molar-refractivity contribution is -0.138. The van der Waals surface area contributed by atoms with Crippen molar-refractivity contribution in [1.82, 2.24) is 19.9 Å². The van der Waals surface area contributed by atoms with Crippen LogP contribution in [0.15, 0.2) is 78.9 Å². The molecular formula is C41H51N5O8. The Morgan fingerprint density at radius 3 is 2.20 bits per heavy atom. The molecule has 0 saturated carbocycles. The minimum Gasteiger partial charge on any atom is -0.481 e. The van der Waals surface area contributed by atoms with E-state index in [-0.39, 0.29) is 63.1 Å². The van der Waals surface area contributed by atoms with Crippen molar-refractivity contribution in [3.05, 3.63) is 95.7 Å². The van der Waals surface area contributed by atoms with Gasteiger partial charge in [0.05, 0.1) is 33.0 Å². The number of fused-ring (bicyclic) bond motifs is 4. The fourth-order valence-corrected chi connectivity index (χ4v) is 6.86. The third-order valence-electron chi connectivity index (χ3n) is 9.75. The summed E-state index contributed by atoms with van der Waals surface area (Å²) in [6.45, 7) is 3.01. The van der Waals surface area contributed by atoms with Crippen LogP contribution in [0.2, 0.25) is 0 Å². The molecule has 0 saturated heterocycles. The number of amides is 2. The molecule has 0 spiro atoms. The Bertz CT molecular complexity index is 1850. The Balaban J connectivity index is 1.17. The second kappa shape index (κ2) is 19.8. The molecule has 1 aliphatic rings. The summed E-state index contributed by atoms with van der Waals surface area (Å²) in [4.78, 5) is 51.0. The summed E-state index contributed by atoms with van der Waals surface area (Å²) in [6.07, 6.45) is -0.598. The molecule has 3 aromatic carbocycles. The molecule has 0 unspecified atom stereocenters. The Morgan fingerprint density at radius 1 is 0.870 bits per heavy atom. The van der Waals surface area contributed by atoms with E-state index in [1.165, 1.54) is 5.01 Å². The van der Waals surface area contributed by atoms with Crippen LogP contribution in [0, 0.1) is 5.92 Å². The molecule has 1 atom stereocenters. The number of carboxylic acid groups (broad SMARTS) is 1. The van der Waals surface area contributed by atoms with Crippen molar-refractivity contribution < 1.29 is 38.5 Å². The lowest BCUT2D eigenvalue weighted by atomic mass is 9.95. The van der Waals surface area contributed by atoms with Gasteiger partial charge in [-0.2, -0.15) is 0 Å². The minimum atomic E-state index is -1.03. The first-order valence-corrected chi connectivity index (χ1v) is 18.4. The number of benzene rings is 3. The van der Waals surface area contributed by atoms with Crippen LogP contribution in [0.25, 0.3) is 22.0 Å².